The molecule has 2 rings (SSSR count). The lowest BCUT2D eigenvalue weighted by atomic mass is 10.2. The average molecular weight is 308 g/mol. The van der Waals surface area contributed by atoms with Crippen LogP contribution in [0.1, 0.15) is 25.3 Å². The summed E-state index contributed by atoms with van der Waals surface area (Å²) in [5.74, 6) is 0. The molecule has 0 aliphatic heterocycles. The summed E-state index contributed by atoms with van der Waals surface area (Å²) < 4.78 is 0.846. The van der Waals surface area contributed by atoms with E-state index in [9.17, 15) is 0 Å². The minimum Gasteiger partial charge on any atom is -0.383 e. The van der Waals surface area contributed by atoms with E-state index >= 15 is 0 Å². The standard InChI is InChI=1S/C14H18BrN3/c1-10(18(2)13-5-6-13)9-17-12-4-3-11(8-16)14(15)7-12/h3-4,7,10,13,17H,5-6,9H2,1-2H3. The van der Waals surface area contributed by atoms with Gasteiger partial charge in [0.25, 0.3) is 0 Å². The van der Waals surface area contributed by atoms with Gasteiger partial charge in [0.15, 0.2) is 0 Å². The van der Waals surface area contributed by atoms with E-state index in [-0.39, 0.29) is 0 Å². The lowest BCUT2D eigenvalue weighted by Crippen LogP contribution is -2.36. The number of benzene rings is 1. The highest BCUT2D eigenvalue weighted by atomic mass is 79.9. The van der Waals surface area contributed by atoms with Gasteiger partial charge in [-0.15, -0.1) is 0 Å². The Morgan fingerprint density at radius 3 is 2.83 bits per heavy atom. The summed E-state index contributed by atoms with van der Waals surface area (Å²) in [6, 6.07) is 9.20. The van der Waals surface area contributed by atoms with Gasteiger partial charge < -0.3 is 5.32 Å². The number of anilines is 1. The Kier molecular flexibility index (Phi) is 4.26. The zero-order valence-corrected chi connectivity index (χ0v) is 12.4. The number of halogens is 1. The zero-order chi connectivity index (χ0) is 13.1. The van der Waals surface area contributed by atoms with Crippen LogP contribution in [0, 0.1) is 11.3 Å². The Morgan fingerprint density at radius 2 is 2.28 bits per heavy atom. The van der Waals surface area contributed by atoms with Crippen LogP contribution in [0.2, 0.25) is 0 Å². The van der Waals surface area contributed by atoms with Crippen molar-refractivity contribution in [1.82, 2.24) is 4.90 Å². The van der Waals surface area contributed by atoms with Crippen molar-refractivity contribution in [1.29, 1.82) is 5.26 Å². The molecule has 1 fully saturated rings. The molecule has 0 saturated heterocycles. The molecule has 1 N–H and O–H groups in total. The number of nitriles is 1. The van der Waals surface area contributed by atoms with Crippen LogP contribution in [0.25, 0.3) is 0 Å². The molecule has 0 bridgehead atoms. The summed E-state index contributed by atoms with van der Waals surface area (Å²) in [4.78, 5) is 2.44. The summed E-state index contributed by atoms with van der Waals surface area (Å²) in [5.41, 5.74) is 1.72. The molecule has 0 spiro atoms. The topological polar surface area (TPSA) is 39.1 Å². The van der Waals surface area contributed by atoms with Gasteiger partial charge in [-0.25, -0.2) is 0 Å². The Hall–Kier alpha value is -1.05. The molecule has 1 saturated carbocycles. The summed E-state index contributed by atoms with van der Waals surface area (Å²) in [7, 11) is 2.19. The maximum atomic E-state index is 8.86. The summed E-state index contributed by atoms with van der Waals surface area (Å²) >= 11 is 3.40. The van der Waals surface area contributed by atoms with E-state index in [2.05, 4.69) is 46.2 Å². The highest BCUT2D eigenvalue weighted by molar-refractivity contribution is 9.10. The number of nitrogens with one attached hydrogen (secondary N) is 1. The second kappa shape index (κ2) is 5.73. The van der Waals surface area contributed by atoms with Gasteiger partial charge in [0.2, 0.25) is 0 Å². The predicted molar refractivity (Wildman–Crippen MR) is 77.6 cm³/mol. The first-order valence-electron chi connectivity index (χ1n) is 6.27. The lowest BCUT2D eigenvalue weighted by Gasteiger charge is -2.25. The minimum atomic E-state index is 0.520. The third-order valence-corrected chi connectivity index (χ3v) is 4.17. The second-order valence-corrected chi connectivity index (χ2v) is 5.79. The van der Waals surface area contributed by atoms with E-state index < -0.39 is 0 Å². The van der Waals surface area contributed by atoms with Crippen molar-refractivity contribution in [2.24, 2.45) is 0 Å². The molecule has 1 aromatic carbocycles. The molecule has 1 aliphatic carbocycles. The number of nitrogens with zero attached hydrogens (tertiary/aromatic N) is 2. The minimum absolute atomic E-state index is 0.520. The van der Waals surface area contributed by atoms with Crippen molar-refractivity contribution in [2.45, 2.75) is 31.8 Å². The van der Waals surface area contributed by atoms with Crippen LogP contribution < -0.4 is 5.32 Å². The van der Waals surface area contributed by atoms with E-state index in [0.717, 1.165) is 22.7 Å². The first kappa shape index (κ1) is 13.4. The fourth-order valence-electron chi connectivity index (χ4n) is 1.97. The molecule has 0 aromatic heterocycles. The van der Waals surface area contributed by atoms with Crippen LogP contribution in [-0.2, 0) is 0 Å². The monoisotopic (exact) mass is 307 g/mol. The summed E-state index contributed by atoms with van der Waals surface area (Å²) in [6.45, 7) is 3.16. The molecule has 0 radical (unpaired) electrons. The van der Waals surface area contributed by atoms with Crippen LogP contribution in [-0.4, -0.2) is 30.6 Å². The third kappa shape index (κ3) is 3.24. The first-order valence-corrected chi connectivity index (χ1v) is 7.06. The molecule has 18 heavy (non-hydrogen) atoms. The molecular weight excluding hydrogens is 290 g/mol. The summed E-state index contributed by atoms with van der Waals surface area (Å²) in [5, 5.41) is 12.3. The van der Waals surface area contributed by atoms with Crippen LogP contribution in [0.4, 0.5) is 5.69 Å². The molecule has 1 unspecified atom stereocenters. The van der Waals surface area contributed by atoms with Gasteiger partial charge in [0, 0.05) is 28.8 Å². The molecule has 0 amide bonds. The maximum Gasteiger partial charge on any atom is 0.100 e. The van der Waals surface area contributed by atoms with Crippen LogP contribution in [0.15, 0.2) is 22.7 Å². The number of likely N-dealkylation sites (N-methyl/N-ethyl adjacent to an activating group) is 1. The van der Waals surface area contributed by atoms with Crippen molar-refractivity contribution >= 4 is 21.6 Å². The molecule has 96 valence electrons. The van der Waals surface area contributed by atoms with Gasteiger partial charge >= 0.3 is 0 Å². The normalized spacial score (nSPS) is 16.4. The van der Waals surface area contributed by atoms with E-state index in [0.29, 0.717) is 11.6 Å². The SMILES string of the molecule is CC(CNc1ccc(C#N)c(Br)c1)N(C)C1CC1. The average Bonchev–Trinajstić information content (AvgIpc) is 3.19. The molecule has 0 heterocycles. The largest absolute Gasteiger partial charge is 0.383 e. The third-order valence-electron chi connectivity index (χ3n) is 3.51. The Labute approximate surface area is 117 Å². The van der Waals surface area contributed by atoms with Crippen LogP contribution >= 0.6 is 15.9 Å². The van der Waals surface area contributed by atoms with Crippen molar-refractivity contribution in [3.8, 4) is 6.07 Å². The molecule has 4 heteroatoms. The molecular formula is C14H18BrN3. The highest BCUT2D eigenvalue weighted by Crippen LogP contribution is 2.27. The Bertz CT molecular complexity index is 463. The van der Waals surface area contributed by atoms with Gasteiger partial charge in [-0.05, 0) is 60.9 Å². The smallest absolute Gasteiger partial charge is 0.100 e. The Morgan fingerprint density at radius 1 is 1.56 bits per heavy atom. The predicted octanol–water partition coefficient (Wildman–Crippen LogP) is 3.22. The van der Waals surface area contributed by atoms with Crippen molar-refractivity contribution < 1.29 is 0 Å². The molecule has 3 nitrogen and oxygen atoms in total. The first-order chi connectivity index (χ1) is 8.61. The number of rotatable bonds is 5. The van der Waals surface area contributed by atoms with E-state index in [1.54, 1.807) is 0 Å². The van der Waals surface area contributed by atoms with Gasteiger partial charge in [-0.3, -0.25) is 4.90 Å². The van der Waals surface area contributed by atoms with Crippen molar-refractivity contribution in [2.75, 3.05) is 18.9 Å². The fourth-order valence-corrected chi connectivity index (χ4v) is 2.43. The highest BCUT2D eigenvalue weighted by Gasteiger charge is 2.28. The quantitative estimate of drug-likeness (QED) is 0.908. The zero-order valence-electron chi connectivity index (χ0n) is 10.8. The van der Waals surface area contributed by atoms with E-state index in [1.165, 1.54) is 12.8 Å². The Balaban J connectivity index is 1.89. The second-order valence-electron chi connectivity index (χ2n) is 4.93. The molecule has 1 aromatic rings. The maximum absolute atomic E-state index is 8.86. The van der Waals surface area contributed by atoms with Crippen LogP contribution in [0.3, 0.4) is 0 Å². The van der Waals surface area contributed by atoms with Crippen LogP contribution in [0.5, 0.6) is 0 Å². The fraction of sp³-hybridized carbons (Fsp3) is 0.500. The van der Waals surface area contributed by atoms with Gasteiger partial charge in [-0.2, -0.15) is 5.26 Å². The van der Waals surface area contributed by atoms with Gasteiger partial charge in [0.05, 0.1) is 5.56 Å². The molecule has 1 aliphatic rings. The summed E-state index contributed by atoms with van der Waals surface area (Å²) in [6.07, 6.45) is 2.67. The van der Waals surface area contributed by atoms with E-state index in [4.69, 9.17) is 5.26 Å². The molecule has 1 atom stereocenters. The number of hydrogen-bond acceptors (Lipinski definition) is 3. The van der Waals surface area contributed by atoms with Gasteiger partial charge in [0.1, 0.15) is 6.07 Å². The number of hydrogen-bond donors (Lipinski definition) is 1. The lowest BCUT2D eigenvalue weighted by molar-refractivity contribution is 0.257. The van der Waals surface area contributed by atoms with E-state index in [1.807, 2.05) is 18.2 Å². The van der Waals surface area contributed by atoms with Gasteiger partial charge in [-0.1, -0.05) is 0 Å². The van der Waals surface area contributed by atoms with Crippen molar-refractivity contribution in [3.05, 3.63) is 28.2 Å². The van der Waals surface area contributed by atoms with Crippen molar-refractivity contribution in [3.63, 3.8) is 0 Å².